The number of benzene rings is 1. The van der Waals surface area contributed by atoms with Crippen LogP contribution < -0.4 is 0 Å². The van der Waals surface area contributed by atoms with Crippen molar-refractivity contribution < 1.29 is 19.1 Å². The Morgan fingerprint density at radius 2 is 1.85 bits per heavy atom. The first-order valence-corrected chi connectivity index (χ1v) is 9.00. The van der Waals surface area contributed by atoms with E-state index in [9.17, 15) is 9.59 Å². The maximum Gasteiger partial charge on any atom is 0.338 e. The summed E-state index contributed by atoms with van der Waals surface area (Å²) in [7, 11) is 0. The Morgan fingerprint density at radius 1 is 1.15 bits per heavy atom. The minimum Gasteiger partial charge on any atom is -0.478 e. The summed E-state index contributed by atoms with van der Waals surface area (Å²) in [5, 5.41) is 14.1. The second kappa shape index (κ2) is 6.57. The molecule has 1 aliphatic rings. The highest BCUT2D eigenvalue weighted by molar-refractivity contribution is 5.96. The quantitative estimate of drug-likeness (QED) is 0.766. The molecule has 1 saturated heterocycles. The zero-order valence-corrected chi connectivity index (χ0v) is 15.3. The molecule has 140 valence electrons. The molecule has 3 aromatic rings. The summed E-state index contributed by atoms with van der Waals surface area (Å²) in [6, 6.07) is 5.91. The van der Waals surface area contributed by atoms with Gasteiger partial charge in [-0.25, -0.2) is 4.79 Å². The lowest BCUT2D eigenvalue weighted by Gasteiger charge is -2.31. The van der Waals surface area contributed by atoms with E-state index in [4.69, 9.17) is 9.52 Å². The molecule has 4 rings (SSSR count). The fourth-order valence-electron chi connectivity index (χ4n) is 3.55. The van der Waals surface area contributed by atoms with E-state index in [-0.39, 0.29) is 17.5 Å². The standard InChI is InChI=1S/C20H21N3O4/c1-12-7-14-9-18(27-17(14)8-13(12)2)19(24)22-5-3-16(4-6-22)23-11-15(10-21-23)20(25)26/h7-11,16H,3-6H2,1-2H3,(H,25,26). The molecule has 7 heteroatoms. The van der Waals surface area contributed by atoms with Crippen LogP contribution in [0.2, 0.25) is 0 Å². The number of carboxylic acid groups (broad SMARTS) is 1. The van der Waals surface area contributed by atoms with Crippen molar-refractivity contribution in [2.45, 2.75) is 32.7 Å². The third-order valence-corrected chi connectivity index (χ3v) is 5.32. The van der Waals surface area contributed by atoms with Gasteiger partial charge in [-0.05, 0) is 56.0 Å². The first-order chi connectivity index (χ1) is 12.9. The van der Waals surface area contributed by atoms with Crippen LogP contribution in [-0.2, 0) is 0 Å². The maximum absolute atomic E-state index is 12.8. The van der Waals surface area contributed by atoms with Crippen molar-refractivity contribution in [2.75, 3.05) is 13.1 Å². The molecule has 0 bridgehead atoms. The molecular formula is C20H21N3O4. The fraction of sp³-hybridized carbons (Fsp3) is 0.350. The van der Waals surface area contributed by atoms with Crippen molar-refractivity contribution in [2.24, 2.45) is 0 Å². The van der Waals surface area contributed by atoms with E-state index < -0.39 is 5.97 Å². The molecule has 0 atom stereocenters. The number of likely N-dealkylation sites (tertiary alicyclic amines) is 1. The average Bonchev–Trinajstić information content (AvgIpc) is 3.29. The molecule has 1 aliphatic heterocycles. The van der Waals surface area contributed by atoms with Gasteiger partial charge in [-0.3, -0.25) is 9.48 Å². The first kappa shape index (κ1) is 17.3. The number of carbonyl (C=O) groups excluding carboxylic acids is 1. The predicted octanol–water partition coefficient (Wildman–Crippen LogP) is 3.42. The Morgan fingerprint density at radius 3 is 2.52 bits per heavy atom. The zero-order chi connectivity index (χ0) is 19.1. The minimum absolute atomic E-state index is 0.100. The average molecular weight is 367 g/mol. The van der Waals surface area contributed by atoms with Crippen LogP contribution in [0.25, 0.3) is 11.0 Å². The van der Waals surface area contributed by atoms with E-state index in [2.05, 4.69) is 5.10 Å². The van der Waals surface area contributed by atoms with Crippen molar-refractivity contribution in [3.63, 3.8) is 0 Å². The third kappa shape index (κ3) is 3.20. The van der Waals surface area contributed by atoms with Gasteiger partial charge in [-0.1, -0.05) is 0 Å². The number of nitrogens with zero attached hydrogens (tertiary/aromatic N) is 3. The number of aromatic carboxylic acids is 1. The van der Waals surface area contributed by atoms with Gasteiger partial charge in [0.25, 0.3) is 5.91 Å². The molecule has 0 radical (unpaired) electrons. The van der Waals surface area contributed by atoms with Gasteiger partial charge in [-0.2, -0.15) is 5.10 Å². The lowest BCUT2D eigenvalue weighted by atomic mass is 10.0. The summed E-state index contributed by atoms with van der Waals surface area (Å²) in [5.41, 5.74) is 3.22. The molecular weight excluding hydrogens is 346 g/mol. The van der Waals surface area contributed by atoms with Gasteiger partial charge in [-0.15, -0.1) is 0 Å². The Bertz CT molecular complexity index is 986. The Hall–Kier alpha value is -3.09. The summed E-state index contributed by atoms with van der Waals surface area (Å²) in [4.78, 5) is 25.6. The van der Waals surface area contributed by atoms with Crippen LogP contribution in [0.15, 0.2) is 35.0 Å². The molecule has 1 amide bonds. The normalized spacial score (nSPS) is 15.4. The monoisotopic (exact) mass is 367 g/mol. The number of rotatable bonds is 3. The van der Waals surface area contributed by atoms with Crippen LogP contribution >= 0.6 is 0 Å². The molecule has 2 aromatic heterocycles. The number of fused-ring (bicyclic) bond motifs is 1. The second-order valence-corrected chi connectivity index (χ2v) is 7.12. The molecule has 0 saturated carbocycles. The van der Waals surface area contributed by atoms with Crippen LogP contribution in [0.5, 0.6) is 0 Å². The van der Waals surface area contributed by atoms with Gasteiger partial charge in [0.15, 0.2) is 5.76 Å². The number of piperidine rings is 1. The minimum atomic E-state index is -0.982. The van der Waals surface area contributed by atoms with E-state index in [0.29, 0.717) is 18.8 Å². The van der Waals surface area contributed by atoms with Crippen LogP contribution in [-0.4, -0.2) is 44.8 Å². The van der Waals surface area contributed by atoms with E-state index in [0.717, 1.165) is 29.4 Å². The molecule has 1 aromatic carbocycles. The molecule has 1 N–H and O–H groups in total. The molecule has 7 nitrogen and oxygen atoms in total. The number of hydrogen-bond donors (Lipinski definition) is 1. The lowest BCUT2D eigenvalue weighted by molar-refractivity contribution is 0.0660. The number of aryl methyl sites for hydroxylation is 2. The summed E-state index contributed by atoms with van der Waals surface area (Å²) >= 11 is 0. The van der Waals surface area contributed by atoms with Crippen molar-refractivity contribution >= 4 is 22.8 Å². The van der Waals surface area contributed by atoms with E-state index in [1.165, 1.54) is 11.8 Å². The highest BCUT2D eigenvalue weighted by Gasteiger charge is 2.27. The lowest BCUT2D eigenvalue weighted by Crippen LogP contribution is -2.39. The zero-order valence-electron chi connectivity index (χ0n) is 15.3. The van der Waals surface area contributed by atoms with Gasteiger partial charge in [0, 0.05) is 24.7 Å². The second-order valence-electron chi connectivity index (χ2n) is 7.12. The largest absolute Gasteiger partial charge is 0.478 e. The summed E-state index contributed by atoms with van der Waals surface area (Å²) in [5.74, 6) is -0.725. The summed E-state index contributed by atoms with van der Waals surface area (Å²) in [6.07, 6.45) is 4.36. The van der Waals surface area contributed by atoms with Gasteiger partial charge in [0.05, 0.1) is 17.8 Å². The van der Waals surface area contributed by atoms with E-state index in [1.54, 1.807) is 15.8 Å². The molecule has 27 heavy (non-hydrogen) atoms. The fourth-order valence-corrected chi connectivity index (χ4v) is 3.55. The number of carboxylic acids is 1. The summed E-state index contributed by atoms with van der Waals surface area (Å²) < 4.78 is 7.48. The van der Waals surface area contributed by atoms with Crippen molar-refractivity contribution in [1.29, 1.82) is 0 Å². The van der Waals surface area contributed by atoms with Crippen molar-refractivity contribution in [3.05, 3.63) is 53.0 Å². The van der Waals surface area contributed by atoms with Crippen LogP contribution in [0.3, 0.4) is 0 Å². The number of carbonyl (C=O) groups is 2. The molecule has 0 aliphatic carbocycles. The Labute approximate surface area is 156 Å². The number of furan rings is 1. The van der Waals surface area contributed by atoms with Crippen LogP contribution in [0.1, 0.15) is 50.9 Å². The topological polar surface area (TPSA) is 88.6 Å². The van der Waals surface area contributed by atoms with E-state index >= 15 is 0 Å². The van der Waals surface area contributed by atoms with Gasteiger partial charge in [0.1, 0.15) is 5.58 Å². The van der Waals surface area contributed by atoms with Gasteiger partial charge in [0.2, 0.25) is 0 Å². The SMILES string of the molecule is Cc1cc2cc(C(=O)N3CCC(n4cc(C(=O)O)cn4)CC3)oc2cc1C. The molecule has 0 unspecified atom stereocenters. The van der Waals surface area contributed by atoms with Crippen LogP contribution in [0, 0.1) is 13.8 Å². The highest BCUT2D eigenvalue weighted by Crippen LogP contribution is 2.27. The third-order valence-electron chi connectivity index (χ3n) is 5.32. The Balaban J connectivity index is 1.46. The first-order valence-electron chi connectivity index (χ1n) is 9.00. The van der Waals surface area contributed by atoms with Gasteiger partial charge < -0.3 is 14.4 Å². The number of amides is 1. The highest BCUT2D eigenvalue weighted by atomic mass is 16.4. The predicted molar refractivity (Wildman–Crippen MR) is 99.0 cm³/mol. The smallest absolute Gasteiger partial charge is 0.338 e. The van der Waals surface area contributed by atoms with E-state index in [1.807, 2.05) is 32.0 Å². The number of hydrogen-bond acceptors (Lipinski definition) is 4. The van der Waals surface area contributed by atoms with Crippen molar-refractivity contribution in [3.8, 4) is 0 Å². The molecule has 3 heterocycles. The summed E-state index contributed by atoms with van der Waals surface area (Å²) in [6.45, 7) is 5.23. The van der Waals surface area contributed by atoms with Crippen molar-refractivity contribution in [1.82, 2.24) is 14.7 Å². The maximum atomic E-state index is 12.8. The van der Waals surface area contributed by atoms with Gasteiger partial charge >= 0.3 is 5.97 Å². The number of aromatic nitrogens is 2. The Kier molecular flexibility index (Phi) is 4.22. The molecule has 0 spiro atoms. The molecule has 1 fully saturated rings. The van der Waals surface area contributed by atoms with Crippen LogP contribution in [0.4, 0.5) is 0 Å².